The Hall–Kier alpha value is -1.44. The molecule has 1 aromatic carbocycles. The fourth-order valence-electron chi connectivity index (χ4n) is 1.42. The van der Waals surface area contributed by atoms with Crippen LogP contribution < -0.4 is 0 Å². The Labute approximate surface area is 97.4 Å². The maximum atomic E-state index is 11.3. The first kappa shape index (κ1) is 12.6. The molecule has 0 spiro atoms. The quantitative estimate of drug-likeness (QED) is 0.697. The van der Waals surface area contributed by atoms with Gasteiger partial charge in [0.25, 0.3) is 0 Å². The predicted octanol–water partition coefficient (Wildman–Crippen LogP) is 3.04. The number of aliphatic imine (C=N–C) groups is 1. The van der Waals surface area contributed by atoms with E-state index in [4.69, 9.17) is 0 Å². The van der Waals surface area contributed by atoms with Gasteiger partial charge in [-0.3, -0.25) is 9.79 Å². The van der Waals surface area contributed by atoms with Crippen molar-refractivity contribution in [2.24, 2.45) is 4.99 Å². The second-order valence-corrected chi connectivity index (χ2v) is 3.87. The number of aryl methyl sites for hydroxylation is 1. The van der Waals surface area contributed by atoms with Crippen LogP contribution in [0.1, 0.15) is 38.3 Å². The zero-order valence-electron chi connectivity index (χ0n) is 10.2. The standard InChI is InChI=1S/C14H19NO/c1-4-12-6-8-13(9-7-12)10-15-11(3)14(16)5-2/h6-11H,4-5H2,1-3H3. The maximum absolute atomic E-state index is 11.3. The first-order valence-corrected chi connectivity index (χ1v) is 5.82. The van der Waals surface area contributed by atoms with Gasteiger partial charge >= 0.3 is 0 Å². The van der Waals surface area contributed by atoms with Gasteiger partial charge in [-0.1, -0.05) is 38.1 Å². The lowest BCUT2D eigenvalue weighted by molar-refractivity contribution is -0.119. The number of carbonyl (C=O) groups excluding carboxylic acids is 1. The molecule has 0 aliphatic carbocycles. The van der Waals surface area contributed by atoms with E-state index >= 15 is 0 Å². The van der Waals surface area contributed by atoms with Gasteiger partial charge in [-0.15, -0.1) is 0 Å². The average Bonchev–Trinajstić information content (AvgIpc) is 2.35. The summed E-state index contributed by atoms with van der Waals surface area (Å²) in [6.07, 6.45) is 3.37. The van der Waals surface area contributed by atoms with Crippen molar-refractivity contribution < 1.29 is 4.79 Å². The van der Waals surface area contributed by atoms with E-state index in [9.17, 15) is 4.79 Å². The topological polar surface area (TPSA) is 29.4 Å². The number of hydrogen-bond donors (Lipinski definition) is 0. The van der Waals surface area contributed by atoms with Crippen molar-refractivity contribution in [3.05, 3.63) is 35.4 Å². The first-order chi connectivity index (χ1) is 7.67. The highest BCUT2D eigenvalue weighted by atomic mass is 16.1. The van der Waals surface area contributed by atoms with Gasteiger partial charge in [0.1, 0.15) is 6.04 Å². The molecule has 1 rings (SSSR count). The molecule has 0 saturated heterocycles. The second kappa shape index (κ2) is 6.21. The highest BCUT2D eigenvalue weighted by Crippen LogP contribution is 2.04. The molecule has 0 aliphatic rings. The second-order valence-electron chi connectivity index (χ2n) is 3.87. The van der Waals surface area contributed by atoms with Crippen molar-refractivity contribution in [3.63, 3.8) is 0 Å². The highest BCUT2D eigenvalue weighted by Gasteiger charge is 2.06. The smallest absolute Gasteiger partial charge is 0.156 e. The number of hydrogen-bond acceptors (Lipinski definition) is 2. The van der Waals surface area contributed by atoms with Crippen LogP contribution in [0.3, 0.4) is 0 Å². The third-order valence-electron chi connectivity index (χ3n) is 2.65. The van der Waals surface area contributed by atoms with Crippen LogP contribution in [-0.4, -0.2) is 18.0 Å². The van der Waals surface area contributed by atoms with Gasteiger partial charge in [0, 0.05) is 12.6 Å². The Bertz CT molecular complexity index is 365. The summed E-state index contributed by atoms with van der Waals surface area (Å²) in [5.74, 6) is 0.182. The predicted molar refractivity (Wildman–Crippen MR) is 68.2 cm³/mol. The zero-order chi connectivity index (χ0) is 12.0. The molecule has 86 valence electrons. The lowest BCUT2D eigenvalue weighted by Gasteiger charge is -2.02. The van der Waals surface area contributed by atoms with Gasteiger partial charge in [-0.25, -0.2) is 0 Å². The van der Waals surface area contributed by atoms with Crippen molar-refractivity contribution in [3.8, 4) is 0 Å². The van der Waals surface area contributed by atoms with Gasteiger partial charge in [0.15, 0.2) is 5.78 Å². The highest BCUT2D eigenvalue weighted by molar-refractivity contribution is 5.87. The van der Waals surface area contributed by atoms with Gasteiger partial charge in [-0.05, 0) is 24.5 Å². The van der Waals surface area contributed by atoms with E-state index in [1.165, 1.54) is 5.56 Å². The molecule has 0 N–H and O–H groups in total. The molecule has 0 aromatic heterocycles. The van der Waals surface area contributed by atoms with E-state index in [0.717, 1.165) is 12.0 Å². The molecular weight excluding hydrogens is 198 g/mol. The third kappa shape index (κ3) is 3.61. The van der Waals surface area contributed by atoms with E-state index in [2.05, 4.69) is 24.0 Å². The minimum atomic E-state index is -0.226. The summed E-state index contributed by atoms with van der Waals surface area (Å²) in [4.78, 5) is 15.6. The van der Waals surface area contributed by atoms with Crippen LogP contribution in [0, 0.1) is 0 Å². The van der Waals surface area contributed by atoms with Gasteiger partial charge in [0.2, 0.25) is 0 Å². The van der Waals surface area contributed by atoms with Crippen LogP contribution in [0.2, 0.25) is 0 Å². The van der Waals surface area contributed by atoms with Crippen molar-refractivity contribution in [2.75, 3.05) is 0 Å². The Morgan fingerprint density at radius 2 is 1.94 bits per heavy atom. The molecule has 0 radical (unpaired) electrons. The molecule has 0 amide bonds. The Morgan fingerprint density at radius 1 is 1.31 bits per heavy atom. The lowest BCUT2D eigenvalue weighted by Crippen LogP contribution is -2.13. The zero-order valence-corrected chi connectivity index (χ0v) is 10.2. The average molecular weight is 217 g/mol. The van der Waals surface area contributed by atoms with E-state index < -0.39 is 0 Å². The Kier molecular flexibility index (Phi) is 4.90. The van der Waals surface area contributed by atoms with Gasteiger partial charge in [-0.2, -0.15) is 0 Å². The summed E-state index contributed by atoms with van der Waals surface area (Å²) in [6, 6.07) is 8.02. The number of benzene rings is 1. The van der Waals surface area contributed by atoms with E-state index in [-0.39, 0.29) is 11.8 Å². The fourth-order valence-corrected chi connectivity index (χ4v) is 1.42. The molecule has 2 nitrogen and oxygen atoms in total. The van der Waals surface area contributed by atoms with Crippen molar-refractivity contribution in [2.45, 2.75) is 39.7 Å². The number of rotatable bonds is 5. The van der Waals surface area contributed by atoms with Crippen LogP contribution in [0.5, 0.6) is 0 Å². The molecule has 0 bridgehead atoms. The van der Waals surface area contributed by atoms with Crippen LogP contribution in [0.4, 0.5) is 0 Å². The Morgan fingerprint density at radius 3 is 2.44 bits per heavy atom. The maximum Gasteiger partial charge on any atom is 0.156 e. The molecule has 0 fully saturated rings. The summed E-state index contributed by atoms with van der Waals surface area (Å²) in [5, 5.41) is 0. The normalized spacial score (nSPS) is 12.9. The van der Waals surface area contributed by atoms with Crippen LogP contribution in [-0.2, 0) is 11.2 Å². The minimum absolute atomic E-state index is 0.182. The number of ketones is 1. The molecule has 0 heterocycles. The fraction of sp³-hybridized carbons (Fsp3) is 0.429. The minimum Gasteiger partial charge on any atom is -0.297 e. The molecule has 2 heteroatoms. The van der Waals surface area contributed by atoms with E-state index in [1.54, 1.807) is 6.21 Å². The van der Waals surface area contributed by atoms with Crippen LogP contribution >= 0.6 is 0 Å². The summed E-state index contributed by atoms with van der Waals surface area (Å²) in [7, 11) is 0. The Balaban J connectivity index is 2.65. The molecule has 1 atom stereocenters. The lowest BCUT2D eigenvalue weighted by atomic mass is 10.1. The number of nitrogens with zero attached hydrogens (tertiary/aromatic N) is 1. The summed E-state index contributed by atoms with van der Waals surface area (Å²) >= 11 is 0. The molecule has 0 aliphatic heterocycles. The number of Topliss-reactive ketones (excluding diaryl/α,β-unsaturated/α-hetero) is 1. The van der Waals surface area contributed by atoms with Crippen LogP contribution in [0.15, 0.2) is 29.3 Å². The molecule has 16 heavy (non-hydrogen) atoms. The van der Waals surface area contributed by atoms with Gasteiger partial charge in [0.05, 0.1) is 0 Å². The van der Waals surface area contributed by atoms with E-state index in [1.807, 2.05) is 26.0 Å². The first-order valence-electron chi connectivity index (χ1n) is 5.82. The SMILES string of the molecule is CCC(=O)C(C)N=Cc1ccc(CC)cc1. The molecular formula is C14H19NO. The monoisotopic (exact) mass is 217 g/mol. The summed E-state index contributed by atoms with van der Waals surface area (Å²) < 4.78 is 0. The largest absolute Gasteiger partial charge is 0.297 e. The summed E-state index contributed by atoms with van der Waals surface area (Å²) in [6.45, 7) is 5.83. The van der Waals surface area contributed by atoms with E-state index in [0.29, 0.717) is 6.42 Å². The van der Waals surface area contributed by atoms with Gasteiger partial charge < -0.3 is 0 Å². The van der Waals surface area contributed by atoms with Crippen molar-refractivity contribution in [1.82, 2.24) is 0 Å². The van der Waals surface area contributed by atoms with Crippen molar-refractivity contribution >= 4 is 12.0 Å². The molecule has 0 saturated carbocycles. The molecule has 1 unspecified atom stereocenters. The third-order valence-corrected chi connectivity index (χ3v) is 2.65. The van der Waals surface area contributed by atoms with Crippen LogP contribution in [0.25, 0.3) is 0 Å². The number of carbonyl (C=O) groups is 1. The summed E-state index contributed by atoms with van der Waals surface area (Å²) in [5.41, 5.74) is 2.36. The molecule has 1 aromatic rings. The van der Waals surface area contributed by atoms with Crippen molar-refractivity contribution in [1.29, 1.82) is 0 Å².